The number of hydrogen-bond donors (Lipinski definition) is 3. The Balaban J connectivity index is 2.40. The SMILES string of the molecule is CNC(=O)c1ccc(N)c(Nc2c(F)cccc2Cl)c1. The second-order valence-corrected chi connectivity index (χ2v) is 4.51. The highest BCUT2D eigenvalue weighted by molar-refractivity contribution is 6.33. The molecular formula is C14H13ClFN3O. The smallest absolute Gasteiger partial charge is 0.251 e. The van der Waals surface area contributed by atoms with Crippen LogP contribution in [0, 0.1) is 5.82 Å². The molecule has 20 heavy (non-hydrogen) atoms. The van der Waals surface area contributed by atoms with Gasteiger partial charge in [0.05, 0.1) is 22.1 Å². The third kappa shape index (κ3) is 2.83. The summed E-state index contributed by atoms with van der Waals surface area (Å²) in [6.45, 7) is 0. The van der Waals surface area contributed by atoms with Gasteiger partial charge in [-0.15, -0.1) is 0 Å². The highest BCUT2D eigenvalue weighted by atomic mass is 35.5. The van der Waals surface area contributed by atoms with Gasteiger partial charge < -0.3 is 16.4 Å². The quantitative estimate of drug-likeness (QED) is 0.762. The summed E-state index contributed by atoms with van der Waals surface area (Å²) in [7, 11) is 1.53. The van der Waals surface area contributed by atoms with Crippen LogP contribution in [0.2, 0.25) is 5.02 Å². The van der Waals surface area contributed by atoms with Crippen molar-refractivity contribution in [1.82, 2.24) is 5.32 Å². The number of benzene rings is 2. The van der Waals surface area contributed by atoms with Gasteiger partial charge in [0.25, 0.3) is 5.91 Å². The van der Waals surface area contributed by atoms with E-state index in [2.05, 4.69) is 10.6 Å². The summed E-state index contributed by atoms with van der Waals surface area (Å²) in [6.07, 6.45) is 0. The summed E-state index contributed by atoms with van der Waals surface area (Å²) < 4.78 is 13.7. The fourth-order valence-corrected chi connectivity index (χ4v) is 1.91. The van der Waals surface area contributed by atoms with Crippen molar-refractivity contribution in [2.45, 2.75) is 0 Å². The number of amides is 1. The van der Waals surface area contributed by atoms with E-state index in [1.165, 1.54) is 25.2 Å². The Morgan fingerprint density at radius 1 is 1.30 bits per heavy atom. The van der Waals surface area contributed by atoms with E-state index in [-0.39, 0.29) is 16.6 Å². The minimum absolute atomic E-state index is 0.120. The molecule has 0 spiro atoms. The maximum absolute atomic E-state index is 13.7. The van der Waals surface area contributed by atoms with Crippen molar-refractivity contribution in [2.75, 3.05) is 18.1 Å². The van der Waals surface area contributed by atoms with Gasteiger partial charge in [-0.2, -0.15) is 0 Å². The van der Waals surface area contributed by atoms with Crippen LogP contribution >= 0.6 is 11.6 Å². The van der Waals surface area contributed by atoms with Crippen LogP contribution in [0.15, 0.2) is 36.4 Å². The standard InChI is InChI=1S/C14H13ClFN3O/c1-18-14(20)8-5-6-11(17)12(7-8)19-13-9(15)3-2-4-10(13)16/h2-7,19H,17H2,1H3,(H,18,20). The van der Waals surface area contributed by atoms with E-state index < -0.39 is 5.82 Å². The molecule has 0 saturated carbocycles. The fourth-order valence-electron chi connectivity index (χ4n) is 1.70. The van der Waals surface area contributed by atoms with Crippen molar-refractivity contribution in [3.05, 3.63) is 52.8 Å². The lowest BCUT2D eigenvalue weighted by atomic mass is 10.1. The Hall–Kier alpha value is -2.27. The molecular weight excluding hydrogens is 281 g/mol. The van der Waals surface area contributed by atoms with Crippen LogP contribution in [0.1, 0.15) is 10.4 Å². The number of anilines is 3. The number of nitrogens with two attached hydrogens (primary N) is 1. The molecule has 0 fully saturated rings. The maximum atomic E-state index is 13.7. The third-order valence-electron chi connectivity index (χ3n) is 2.76. The molecule has 4 N–H and O–H groups in total. The number of para-hydroxylation sites is 1. The molecule has 0 unspecified atom stereocenters. The van der Waals surface area contributed by atoms with Gasteiger partial charge in [-0.1, -0.05) is 17.7 Å². The topological polar surface area (TPSA) is 67.2 Å². The lowest BCUT2D eigenvalue weighted by Crippen LogP contribution is -2.18. The molecule has 0 saturated heterocycles. The molecule has 6 heteroatoms. The van der Waals surface area contributed by atoms with Crippen LogP contribution in [0.5, 0.6) is 0 Å². The lowest BCUT2D eigenvalue weighted by Gasteiger charge is -2.13. The van der Waals surface area contributed by atoms with Gasteiger partial charge in [0.2, 0.25) is 0 Å². The number of nitrogen functional groups attached to an aromatic ring is 1. The van der Waals surface area contributed by atoms with Crippen molar-refractivity contribution in [3.8, 4) is 0 Å². The van der Waals surface area contributed by atoms with Crippen molar-refractivity contribution in [1.29, 1.82) is 0 Å². The Morgan fingerprint density at radius 2 is 2.05 bits per heavy atom. The Bertz CT molecular complexity index is 641. The molecule has 2 aromatic carbocycles. The molecule has 4 nitrogen and oxygen atoms in total. The zero-order chi connectivity index (χ0) is 14.7. The highest BCUT2D eigenvalue weighted by Crippen LogP contribution is 2.31. The van der Waals surface area contributed by atoms with Gasteiger partial charge in [0, 0.05) is 12.6 Å². The third-order valence-corrected chi connectivity index (χ3v) is 3.08. The number of rotatable bonds is 3. The monoisotopic (exact) mass is 293 g/mol. The Labute approximate surface area is 120 Å². The number of hydrogen-bond acceptors (Lipinski definition) is 3. The second kappa shape index (κ2) is 5.79. The minimum Gasteiger partial charge on any atom is -0.397 e. The summed E-state index contributed by atoms with van der Waals surface area (Å²) in [5, 5.41) is 5.55. The second-order valence-electron chi connectivity index (χ2n) is 4.10. The first-order chi connectivity index (χ1) is 9.52. The number of carbonyl (C=O) groups is 1. The average molecular weight is 294 g/mol. The molecule has 1 amide bonds. The lowest BCUT2D eigenvalue weighted by molar-refractivity contribution is 0.0963. The van der Waals surface area contributed by atoms with Crippen LogP contribution in [-0.2, 0) is 0 Å². The first kappa shape index (κ1) is 14.1. The minimum atomic E-state index is -0.498. The van der Waals surface area contributed by atoms with Crippen LogP contribution < -0.4 is 16.4 Å². The van der Waals surface area contributed by atoms with Gasteiger partial charge in [-0.3, -0.25) is 4.79 Å². The molecule has 0 radical (unpaired) electrons. The van der Waals surface area contributed by atoms with Crippen molar-refractivity contribution >= 4 is 34.6 Å². The molecule has 104 valence electrons. The normalized spacial score (nSPS) is 10.2. The van der Waals surface area contributed by atoms with Crippen molar-refractivity contribution in [3.63, 3.8) is 0 Å². The number of carbonyl (C=O) groups excluding carboxylic acids is 1. The summed E-state index contributed by atoms with van der Waals surface area (Å²) in [6, 6.07) is 9.05. The van der Waals surface area contributed by atoms with Gasteiger partial charge in [-0.05, 0) is 30.3 Å². The average Bonchev–Trinajstić information content (AvgIpc) is 2.44. The Kier molecular flexibility index (Phi) is 4.10. The van der Waals surface area contributed by atoms with Crippen LogP contribution in [0.25, 0.3) is 0 Å². The predicted molar refractivity (Wildman–Crippen MR) is 78.9 cm³/mol. The molecule has 0 atom stereocenters. The zero-order valence-corrected chi connectivity index (χ0v) is 11.5. The van der Waals surface area contributed by atoms with Crippen molar-refractivity contribution in [2.24, 2.45) is 0 Å². The zero-order valence-electron chi connectivity index (χ0n) is 10.7. The first-order valence-corrected chi connectivity index (χ1v) is 6.23. The van der Waals surface area contributed by atoms with Gasteiger partial charge in [0.1, 0.15) is 5.82 Å². The van der Waals surface area contributed by atoms with Crippen LogP contribution in [-0.4, -0.2) is 13.0 Å². The van der Waals surface area contributed by atoms with Gasteiger partial charge in [-0.25, -0.2) is 4.39 Å². The van der Waals surface area contributed by atoms with Crippen LogP contribution in [0.3, 0.4) is 0 Å². The van der Waals surface area contributed by atoms with Gasteiger partial charge >= 0.3 is 0 Å². The molecule has 2 aromatic rings. The first-order valence-electron chi connectivity index (χ1n) is 5.85. The van der Waals surface area contributed by atoms with Crippen LogP contribution in [0.4, 0.5) is 21.5 Å². The van der Waals surface area contributed by atoms with E-state index >= 15 is 0 Å². The van der Waals surface area contributed by atoms with E-state index in [9.17, 15) is 9.18 Å². The number of nitrogens with one attached hydrogen (secondary N) is 2. The van der Waals surface area contributed by atoms with E-state index in [0.29, 0.717) is 16.9 Å². The van der Waals surface area contributed by atoms with E-state index in [1.807, 2.05) is 0 Å². The molecule has 0 heterocycles. The fraction of sp³-hybridized carbons (Fsp3) is 0.0714. The summed E-state index contributed by atoms with van der Waals surface area (Å²) in [5.74, 6) is -0.755. The molecule has 0 aliphatic rings. The molecule has 0 aromatic heterocycles. The largest absolute Gasteiger partial charge is 0.397 e. The predicted octanol–water partition coefficient (Wildman–Crippen LogP) is 3.16. The summed E-state index contributed by atoms with van der Waals surface area (Å²) in [5.41, 5.74) is 7.15. The van der Waals surface area contributed by atoms with E-state index in [1.54, 1.807) is 18.2 Å². The number of halogens is 2. The van der Waals surface area contributed by atoms with E-state index in [4.69, 9.17) is 17.3 Å². The maximum Gasteiger partial charge on any atom is 0.251 e. The van der Waals surface area contributed by atoms with E-state index in [0.717, 1.165) is 0 Å². The van der Waals surface area contributed by atoms with Crippen molar-refractivity contribution < 1.29 is 9.18 Å². The van der Waals surface area contributed by atoms with Gasteiger partial charge in [0.15, 0.2) is 0 Å². The summed E-state index contributed by atoms with van der Waals surface area (Å²) >= 11 is 5.94. The highest BCUT2D eigenvalue weighted by Gasteiger charge is 2.11. The molecule has 2 rings (SSSR count). The Morgan fingerprint density at radius 3 is 2.70 bits per heavy atom. The molecule has 0 bridgehead atoms. The molecule has 0 aliphatic carbocycles. The molecule has 0 aliphatic heterocycles. The summed E-state index contributed by atoms with van der Waals surface area (Å²) in [4.78, 5) is 11.6.